The summed E-state index contributed by atoms with van der Waals surface area (Å²) in [7, 11) is -2.48. The Bertz CT molecular complexity index is 910. The van der Waals surface area contributed by atoms with Gasteiger partial charge in [-0.15, -0.1) is 0 Å². The SMILES string of the molecule is COc1ccc(C(=O)Nc2cc(Cl)cc(Cl)c2)cc1S(=O)(=O)NC(C)C. The third-order valence-electron chi connectivity index (χ3n) is 3.23. The maximum atomic E-state index is 12.5. The summed E-state index contributed by atoms with van der Waals surface area (Å²) in [5, 5.41) is 3.37. The molecular formula is C17H18Cl2N2O4S. The fourth-order valence-electron chi connectivity index (χ4n) is 2.23. The van der Waals surface area contributed by atoms with Gasteiger partial charge in [0.15, 0.2) is 0 Å². The first-order chi connectivity index (χ1) is 12.1. The van der Waals surface area contributed by atoms with Crippen molar-refractivity contribution in [3.05, 3.63) is 52.0 Å². The molecule has 0 aromatic heterocycles. The predicted octanol–water partition coefficient (Wildman–Crippen LogP) is 3.94. The highest BCUT2D eigenvalue weighted by atomic mass is 35.5. The molecule has 0 atom stereocenters. The molecule has 2 aromatic carbocycles. The molecule has 0 fully saturated rings. The van der Waals surface area contributed by atoms with Crippen molar-refractivity contribution in [2.75, 3.05) is 12.4 Å². The van der Waals surface area contributed by atoms with Gasteiger partial charge in [-0.25, -0.2) is 13.1 Å². The van der Waals surface area contributed by atoms with Crippen LogP contribution in [0.4, 0.5) is 5.69 Å². The van der Waals surface area contributed by atoms with Crippen LogP contribution in [0, 0.1) is 0 Å². The van der Waals surface area contributed by atoms with Gasteiger partial charge in [-0.3, -0.25) is 4.79 Å². The second-order valence-electron chi connectivity index (χ2n) is 5.75. The lowest BCUT2D eigenvalue weighted by Gasteiger charge is -2.14. The van der Waals surface area contributed by atoms with Crippen LogP contribution >= 0.6 is 23.2 Å². The van der Waals surface area contributed by atoms with Crippen LogP contribution in [0.5, 0.6) is 5.75 Å². The van der Waals surface area contributed by atoms with E-state index in [4.69, 9.17) is 27.9 Å². The van der Waals surface area contributed by atoms with Crippen molar-refractivity contribution in [3.8, 4) is 5.75 Å². The summed E-state index contributed by atoms with van der Waals surface area (Å²) >= 11 is 11.8. The Kier molecular flexibility index (Phi) is 6.52. The average Bonchev–Trinajstić information content (AvgIpc) is 2.52. The molecular weight excluding hydrogens is 399 g/mol. The molecule has 0 aliphatic carbocycles. The van der Waals surface area contributed by atoms with Gasteiger partial charge < -0.3 is 10.1 Å². The molecule has 6 nitrogen and oxygen atoms in total. The summed E-state index contributed by atoms with van der Waals surface area (Å²) < 4.78 is 32.6. The zero-order valence-electron chi connectivity index (χ0n) is 14.3. The molecule has 0 saturated heterocycles. The van der Waals surface area contributed by atoms with E-state index in [0.717, 1.165) is 0 Å². The molecule has 2 aromatic rings. The highest BCUT2D eigenvalue weighted by Gasteiger charge is 2.22. The van der Waals surface area contributed by atoms with Crippen LogP contribution in [0.2, 0.25) is 10.0 Å². The number of sulfonamides is 1. The fraction of sp³-hybridized carbons (Fsp3) is 0.235. The highest BCUT2D eigenvalue weighted by Crippen LogP contribution is 2.27. The van der Waals surface area contributed by atoms with Gasteiger partial charge in [0.2, 0.25) is 10.0 Å². The number of methoxy groups -OCH3 is 1. The quantitative estimate of drug-likeness (QED) is 0.746. The summed E-state index contributed by atoms with van der Waals surface area (Å²) in [6, 6.07) is 8.44. The van der Waals surface area contributed by atoms with Gasteiger partial charge in [0, 0.05) is 27.3 Å². The summed E-state index contributed by atoms with van der Waals surface area (Å²) in [5.74, 6) is -0.368. The van der Waals surface area contributed by atoms with Gasteiger partial charge in [-0.1, -0.05) is 23.2 Å². The molecule has 9 heteroatoms. The molecule has 0 aliphatic heterocycles. The molecule has 0 aliphatic rings. The monoisotopic (exact) mass is 416 g/mol. The zero-order valence-corrected chi connectivity index (χ0v) is 16.7. The molecule has 0 unspecified atom stereocenters. The Morgan fingerprint density at radius 1 is 1.08 bits per heavy atom. The lowest BCUT2D eigenvalue weighted by molar-refractivity contribution is 0.102. The number of ether oxygens (including phenoxy) is 1. The topological polar surface area (TPSA) is 84.5 Å². The van der Waals surface area contributed by atoms with Crippen LogP contribution in [0.15, 0.2) is 41.3 Å². The number of carbonyl (C=O) groups is 1. The van der Waals surface area contributed by atoms with E-state index in [-0.39, 0.29) is 22.3 Å². The molecule has 0 radical (unpaired) electrons. The Morgan fingerprint density at radius 2 is 1.69 bits per heavy atom. The Hall–Kier alpha value is -1.80. The highest BCUT2D eigenvalue weighted by molar-refractivity contribution is 7.89. The van der Waals surface area contributed by atoms with Gasteiger partial charge in [-0.05, 0) is 50.2 Å². The van der Waals surface area contributed by atoms with E-state index in [1.165, 1.54) is 43.5 Å². The van der Waals surface area contributed by atoms with Gasteiger partial charge in [0.05, 0.1) is 7.11 Å². The van der Waals surface area contributed by atoms with Crippen LogP contribution < -0.4 is 14.8 Å². The van der Waals surface area contributed by atoms with Crippen LogP contribution in [0.1, 0.15) is 24.2 Å². The number of hydrogen-bond acceptors (Lipinski definition) is 4. The maximum absolute atomic E-state index is 12.5. The van der Waals surface area contributed by atoms with Crippen molar-refractivity contribution in [2.45, 2.75) is 24.8 Å². The van der Waals surface area contributed by atoms with Crippen molar-refractivity contribution in [2.24, 2.45) is 0 Å². The van der Waals surface area contributed by atoms with Crippen LogP contribution in [0.25, 0.3) is 0 Å². The summed E-state index contributed by atoms with van der Waals surface area (Å²) in [5.41, 5.74) is 0.541. The third-order valence-corrected chi connectivity index (χ3v) is 5.34. The molecule has 0 saturated carbocycles. The molecule has 140 valence electrons. The van der Waals surface area contributed by atoms with E-state index >= 15 is 0 Å². The minimum absolute atomic E-state index is 0.120. The minimum Gasteiger partial charge on any atom is -0.495 e. The zero-order chi connectivity index (χ0) is 19.5. The van der Waals surface area contributed by atoms with E-state index in [1.54, 1.807) is 13.8 Å². The second-order valence-corrected chi connectivity index (χ2v) is 8.31. The van der Waals surface area contributed by atoms with Crippen molar-refractivity contribution in [1.29, 1.82) is 0 Å². The lowest BCUT2D eigenvalue weighted by Crippen LogP contribution is -2.30. The van der Waals surface area contributed by atoms with E-state index in [0.29, 0.717) is 15.7 Å². The summed E-state index contributed by atoms with van der Waals surface area (Å²) in [4.78, 5) is 12.4. The van der Waals surface area contributed by atoms with E-state index in [9.17, 15) is 13.2 Å². The second kappa shape index (κ2) is 8.26. The Morgan fingerprint density at radius 3 is 2.23 bits per heavy atom. The smallest absolute Gasteiger partial charge is 0.255 e. The lowest BCUT2D eigenvalue weighted by atomic mass is 10.2. The number of rotatable bonds is 6. The number of amides is 1. The standard InChI is InChI=1S/C17H18Cl2N2O4S/c1-10(2)21-26(23,24)16-6-11(4-5-15(16)25-3)17(22)20-14-8-12(18)7-13(19)9-14/h4-10,21H,1-3H3,(H,20,22). The molecule has 2 rings (SSSR count). The van der Waals surface area contributed by atoms with E-state index in [1.807, 2.05) is 0 Å². The summed E-state index contributed by atoms with van der Waals surface area (Å²) in [6.07, 6.45) is 0. The first-order valence-electron chi connectivity index (χ1n) is 7.60. The Balaban J connectivity index is 2.38. The van der Waals surface area contributed by atoms with Crippen LogP contribution in [-0.4, -0.2) is 27.5 Å². The molecule has 0 spiro atoms. The summed E-state index contributed by atoms with van der Waals surface area (Å²) in [6.45, 7) is 3.40. The van der Waals surface area contributed by atoms with Gasteiger partial charge >= 0.3 is 0 Å². The molecule has 1 amide bonds. The first-order valence-corrected chi connectivity index (χ1v) is 9.84. The first kappa shape index (κ1) is 20.5. The van der Waals surface area contributed by atoms with Crippen molar-refractivity contribution in [3.63, 3.8) is 0 Å². The van der Waals surface area contributed by atoms with Crippen LogP contribution in [-0.2, 0) is 10.0 Å². The molecule has 0 heterocycles. The largest absolute Gasteiger partial charge is 0.495 e. The molecule has 0 bridgehead atoms. The third kappa shape index (κ3) is 5.11. The van der Waals surface area contributed by atoms with Crippen molar-refractivity contribution >= 4 is 44.8 Å². The predicted molar refractivity (Wildman–Crippen MR) is 103 cm³/mol. The normalized spacial score (nSPS) is 11.5. The van der Waals surface area contributed by atoms with Crippen LogP contribution in [0.3, 0.4) is 0 Å². The maximum Gasteiger partial charge on any atom is 0.255 e. The fourth-order valence-corrected chi connectivity index (χ4v) is 4.20. The van der Waals surface area contributed by atoms with Gasteiger partial charge in [0.1, 0.15) is 10.6 Å². The number of anilines is 1. The van der Waals surface area contributed by atoms with Gasteiger partial charge in [-0.2, -0.15) is 0 Å². The average molecular weight is 417 g/mol. The van der Waals surface area contributed by atoms with E-state index in [2.05, 4.69) is 10.0 Å². The Labute approximate surface area is 162 Å². The van der Waals surface area contributed by atoms with Crippen molar-refractivity contribution in [1.82, 2.24) is 4.72 Å². The van der Waals surface area contributed by atoms with Gasteiger partial charge in [0.25, 0.3) is 5.91 Å². The number of halogens is 2. The number of carbonyl (C=O) groups excluding carboxylic acids is 1. The number of hydrogen-bond donors (Lipinski definition) is 2. The molecule has 2 N–H and O–H groups in total. The minimum atomic E-state index is -3.84. The molecule has 26 heavy (non-hydrogen) atoms. The van der Waals surface area contributed by atoms with Crippen molar-refractivity contribution < 1.29 is 17.9 Å². The number of benzene rings is 2. The van der Waals surface area contributed by atoms with E-state index < -0.39 is 15.9 Å². The number of nitrogens with one attached hydrogen (secondary N) is 2.